The van der Waals surface area contributed by atoms with Crippen LogP contribution in [-0.4, -0.2) is 60.9 Å². The molecule has 0 bridgehead atoms. The predicted molar refractivity (Wildman–Crippen MR) is 70.2 cm³/mol. The first-order chi connectivity index (χ1) is 9.85. The number of aromatic nitrogens is 2. The lowest BCUT2D eigenvalue weighted by atomic mass is 10.1. The van der Waals surface area contributed by atoms with E-state index in [1.165, 1.54) is 0 Å². The average molecular weight is 318 g/mol. The SMILES string of the molecule is O=C(O)Cc1cn([C@@H]2O[C@H](CO)[C@@H](O)[C@H]2O)c(=S)[nH]c1=O. The molecular weight excluding hydrogens is 304 g/mol. The fourth-order valence-electron chi connectivity index (χ4n) is 2.11. The first-order valence-corrected chi connectivity index (χ1v) is 6.44. The summed E-state index contributed by atoms with van der Waals surface area (Å²) < 4.78 is 6.34. The third-order valence-corrected chi connectivity index (χ3v) is 3.49. The van der Waals surface area contributed by atoms with Crippen LogP contribution in [0.2, 0.25) is 0 Å². The van der Waals surface area contributed by atoms with Gasteiger partial charge in [0.25, 0.3) is 5.56 Å². The Hall–Kier alpha value is -1.59. The second-order valence-corrected chi connectivity index (χ2v) is 5.01. The number of hydrogen-bond acceptors (Lipinski definition) is 7. The number of aliphatic carboxylic acids is 1. The molecule has 0 saturated carbocycles. The Morgan fingerprint density at radius 2 is 2.10 bits per heavy atom. The van der Waals surface area contributed by atoms with E-state index in [-0.39, 0.29) is 10.3 Å². The van der Waals surface area contributed by atoms with Gasteiger partial charge in [-0.1, -0.05) is 0 Å². The molecule has 116 valence electrons. The van der Waals surface area contributed by atoms with Gasteiger partial charge in [0.1, 0.15) is 18.3 Å². The van der Waals surface area contributed by atoms with Gasteiger partial charge in [-0.15, -0.1) is 0 Å². The third kappa shape index (κ3) is 3.04. The van der Waals surface area contributed by atoms with Crippen molar-refractivity contribution in [3.8, 4) is 0 Å². The van der Waals surface area contributed by atoms with Gasteiger partial charge in [-0.2, -0.15) is 0 Å². The minimum atomic E-state index is -1.38. The smallest absolute Gasteiger partial charge is 0.308 e. The molecule has 10 heteroatoms. The molecule has 1 aromatic heterocycles. The molecule has 2 heterocycles. The standard InChI is InChI=1S/C11H14N2O7S/c14-3-5-7(17)8(18)10(20-5)13-2-4(1-6(15)16)9(19)12-11(13)21/h2,5,7-8,10,14,17-18H,1,3H2,(H,15,16)(H,12,19,21)/t5-,7-,8-,10-/m1/s1. The average Bonchev–Trinajstić information content (AvgIpc) is 2.69. The van der Waals surface area contributed by atoms with Crippen LogP contribution < -0.4 is 5.56 Å². The first kappa shape index (κ1) is 15.8. The number of carbonyl (C=O) groups is 1. The van der Waals surface area contributed by atoms with E-state index in [4.69, 9.17) is 27.2 Å². The molecule has 1 aromatic rings. The van der Waals surface area contributed by atoms with E-state index in [0.29, 0.717) is 0 Å². The first-order valence-electron chi connectivity index (χ1n) is 6.03. The van der Waals surface area contributed by atoms with Gasteiger partial charge >= 0.3 is 5.97 Å². The van der Waals surface area contributed by atoms with E-state index in [1.54, 1.807) is 0 Å². The van der Waals surface area contributed by atoms with Crippen molar-refractivity contribution in [2.45, 2.75) is 31.0 Å². The van der Waals surface area contributed by atoms with Crippen molar-refractivity contribution in [3.05, 3.63) is 26.9 Å². The molecule has 2 rings (SSSR count). The molecule has 0 aliphatic carbocycles. The Bertz CT molecular complexity index is 655. The summed E-state index contributed by atoms with van der Waals surface area (Å²) in [7, 11) is 0. The quantitative estimate of drug-likeness (QED) is 0.407. The zero-order chi connectivity index (χ0) is 15.7. The number of carboxylic acid groups (broad SMARTS) is 1. The van der Waals surface area contributed by atoms with Gasteiger partial charge in [-0.3, -0.25) is 19.1 Å². The van der Waals surface area contributed by atoms with Gasteiger partial charge in [-0.25, -0.2) is 0 Å². The van der Waals surface area contributed by atoms with Crippen molar-refractivity contribution in [2.24, 2.45) is 0 Å². The van der Waals surface area contributed by atoms with E-state index in [1.807, 2.05) is 0 Å². The van der Waals surface area contributed by atoms with Crippen LogP contribution in [-0.2, 0) is 16.0 Å². The molecule has 9 nitrogen and oxygen atoms in total. The summed E-state index contributed by atoms with van der Waals surface area (Å²) in [5, 5.41) is 37.4. The number of carboxylic acids is 1. The van der Waals surface area contributed by atoms with Crippen LogP contribution in [0.1, 0.15) is 11.8 Å². The van der Waals surface area contributed by atoms with Gasteiger partial charge in [0.05, 0.1) is 13.0 Å². The topological polar surface area (TPSA) is 145 Å². The molecule has 4 atom stereocenters. The zero-order valence-electron chi connectivity index (χ0n) is 10.7. The summed E-state index contributed by atoms with van der Waals surface area (Å²) >= 11 is 4.94. The van der Waals surface area contributed by atoms with E-state index < -0.39 is 49.1 Å². The largest absolute Gasteiger partial charge is 0.481 e. The number of rotatable bonds is 4. The van der Waals surface area contributed by atoms with Gasteiger partial charge in [0.15, 0.2) is 11.0 Å². The molecule has 1 fully saturated rings. The molecule has 0 spiro atoms. The molecule has 1 aliphatic heterocycles. The van der Waals surface area contributed by atoms with Crippen LogP contribution in [0.15, 0.2) is 11.0 Å². The Kier molecular flexibility index (Phi) is 4.54. The molecule has 0 aromatic carbocycles. The number of hydrogen-bond donors (Lipinski definition) is 5. The molecular formula is C11H14N2O7S. The Morgan fingerprint density at radius 3 is 2.62 bits per heavy atom. The highest BCUT2D eigenvalue weighted by atomic mass is 32.1. The fraction of sp³-hybridized carbons (Fsp3) is 0.545. The van der Waals surface area contributed by atoms with Crippen molar-refractivity contribution < 1.29 is 30.0 Å². The van der Waals surface area contributed by atoms with E-state index in [2.05, 4.69) is 4.98 Å². The lowest BCUT2D eigenvalue weighted by molar-refractivity contribution is -0.136. The van der Waals surface area contributed by atoms with Gasteiger partial charge < -0.3 is 25.2 Å². The number of aliphatic hydroxyl groups is 3. The summed E-state index contributed by atoms with van der Waals surface area (Å²) in [5.74, 6) is -1.20. The monoisotopic (exact) mass is 318 g/mol. The van der Waals surface area contributed by atoms with E-state index in [9.17, 15) is 19.8 Å². The highest BCUT2D eigenvalue weighted by Crippen LogP contribution is 2.29. The lowest BCUT2D eigenvalue weighted by Crippen LogP contribution is -2.33. The zero-order valence-corrected chi connectivity index (χ0v) is 11.5. The molecule has 1 aliphatic rings. The van der Waals surface area contributed by atoms with Crippen LogP contribution >= 0.6 is 12.2 Å². The van der Waals surface area contributed by atoms with E-state index >= 15 is 0 Å². The van der Waals surface area contributed by atoms with Crippen molar-refractivity contribution in [1.29, 1.82) is 0 Å². The molecule has 1 saturated heterocycles. The summed E-state index contributed by atoms with van der Waals surface area (Å²) in [6.45, 7) is -0.507. The highest BCUT2D eigenvalue weighted by Gasteiger charge is 2.43. The third-order valence-electron chi connectivity index (χ3n) is 3.17. The normalized spacial score (nSPS) is 28.7. The number of ether oxygens (including phenoxy) is 1. The second-order valence-electron chi connectivity index (χ2n) is 4.62. The van der Waals surface area contributed by atoms with Crippen molar-refractivity contribution in [1.82, 2.24) is 9.55 Å². The lowest BCUT2D eigenvalue weighted by Gasteiger charge is -2.19. The van der Waals surface area contributed by atoms with Crippen LogP contribution in [0.25, 0.3) is 0 Å². The van der Waals surface area contributed by atoms with E-state index in [0.717, 1.165) is 10.8 Å². The number of aliphatic hydroxyl groups excluding tert-OH is 3. The maximum atomic E-state index is 11.6. The molecule has 21 heavy (non-hydrogen) atoms. The predicted octanol–water partition coefficient (Wildman–Crippen LogP) is -1.86. The number of aromatic amines is 1. The fourth-order valence-corrected chi connectivity index (χ4v) is 2.36. The summed E-state index contributed by atoms with van der Waals surface area (Å²) in [6.07, 6.45) is -4.19. The molecule has 0 amide bonds. The molecule has 0 unspecified atom stereocenters. The number of nitrogens with zero attached hydrogens (tertiary/aromatic N) is 1. The summed E-state index contributed by atoms with van der Waals surface area (Å²) in [4.78, 5) is 24.6. The van der Waals surface area contributed by atoms with Crippen molar-refractivity contribution in [3.63, 3.8) is 0 Å². The van der Waals surface area contributed by atoms with Crippen molar-refractivity contribution >= 4 is 18.2 Å². The van der Waals surface area contributed by atoms with Crippen LogP contribution in [0.5, 0.6) is 0 Å². The van der Waals surface area contributed by atoms with Crippen molar-refractivity contribution in [2.75, 3.05) is 6.61 Å². The number of nitrogens with one attached hydrogen (secondary N) is 1. The van der Waals surface area contributed by atoms with Crippen LogP contribution in [0.3, 0.4) is 0 Å². The Balaban J connectivity index is 2.42. The van der Waals surface area contributed by atoms with Gasteiger partial charge in [0.2, 0.25) is 0 Å². The highest BCUT2D eigenvalue weighted by molar-refractivity contribution is 7.71. The maximum Gasteiger partial charge on any atom is 0.308 e. The summed E-state index contributed by atoms with van der Waals surface area (Å²) in [6, 6.07) is 0. The van der Waals surface area contributed by atoms with Crippen LogP contribution in [0.4, 0.5) is 0 Å². The summed E-state index contributed by atoms with van der Waals surface area (Å²) in [5.41, 5.74) is -0.723. The Morgan fingerprint density at radius 1 is 1.43 bits per heavy atom. The second kappa shape index (κ2) is 6.03. The molecule has 5 N–H and O–H groups in total. The number of H-pyrrole nitrogens is 1. The minimum Gasteiger partial charge on any atom is -0.481 e. The Labute approximate surface area is 123 Å². The van der Waals surface area contributed by atoms with Gasteiger partial charge in [0, 0.05) is 11.8 Å². The minimum absolute atomic E-state index is 0.0751. The van der Waals surface area contributed by atoms with Crippen LogP contribution in [0, 0.1) is 4.77 Å². The maximum absolute atomic E-state index is 11.6. The van der Waals surface area contributed by atoms with Gasteiger partial charge in [-0.05, 0) is 12.2 Å². The molecule has 0 radical (unpaired) electrons.